The first-order valence-electron chi connectivity index (χ1n) is 15.1. The third-order valence-corrected chi connectivity index (χ3v) is 11.6. The largest absolute Gasteiger partial charge is 0.335 e. The SMILES string of the molecule is CC1(C)C2=C(c3ccccc31)N(c1ccccc1)c1cccc3c1B2c1cccc2c1N3C1(C)CCCCC21C. The lowest BCUT2D eigenvalue weighted by Gasteiger charge is -2.53. The van der Waals surface area contributed by atoms with Crippen LogP contribution in [0.4, 0.5) is 22.7 Å². The van der Waals surface area contributed by atoms with Gasteiger partial charge in [-0.1, -0.05) is 106 Å². The topological polar surface area (TPSA) is 6.48 Å². The number of hydrogen-bond acceptors (Lipinski definition) is 2. The van der Waals surface area contributed by atoms with Crippen LogP contribution in [0, 0.1) is 0 Å². The summed E-state index contributed by atoms with van der Waals surface area (Å²) in [6.07, 6.45) is 5.12. The van der Waals surface area contributed by atoms with Gasteiger partial charge in [-0.25, -0.2) is 0 Å². The maximum atomic E-state index is 2.82. The fourth-order valence-electron chi connectivity index (χ4n) is 9.61. The number of nitrogens with zero attached hydrogens (tertiary/aromatic N) is 2. The third-order valence-electron chi connectivity index (χ3n) is 11.6. The minimum Gasteiger partial charge on any atom is -0.335 e. The average Bonchev–Trinajstić information content (AvgIpc) is 3.34. The third kappa shape index (κ3) is 2.42. The lowest BCUT2D eigenvalue weighted by Crippen LogP contribution is -2.62. The van der Waals surface area contributed by atoms with Crippen molar-refractivity contribution in [2.75, 3.05) is 9.80 Å². The number of hydrogen-bond donors (Lipinski definition) is 0. The van der Waals surface area contributed by atoms with Gasteiger partial charge in [-0.3, -0.25) is 0 Å². The van der Waals surface area contributed by atoms with Gasteiger partial charge in [-0.05, 0) is 66.1 Å². The summed E-state index contributed by atoms with van der Waals surface area (Å²) in [5, 5.41) is 0. The molecule has 2 nitrogen and oxygen atoms in total. The van der Waals surface area contributed by atoms with Gasteiger partial charge in [-0.2, -0.15) is 0 Å². The molecule has 3 aliphatic heterocycles. The molecule has 3 heteroatoms. The van der Waals surface area contributed by atoms with E-state index in [0.29, 0.717) is 0 Å². The Kier molecular flexibility index (Phi) is 4.21. The van der Waals surface area contributed by atoms with Crippen LogP contribution in [0.15, 0.2) is 96.5 Å². The highest BCUT2D eigenvalue weighted by molar-refractivity contribution is 6.96. The second-order valence-corrected chi connectivity index (χ2v) is 13.6. The molecule has 3 heterocycles. The molecule has 0 bridgehead atoms. The van der Waals surface area contributed by atoms with E-state index in [4.69, 9.17) is 0 Å². The van der Waals surface area contributed by atoms with E-state index in [2.05, 4.69) is 128 Å². The molecule has 9 rings (SSSR count). The minimum atomic E-state index is -0.0848. The van der Waals surface area contributed by atoms with Gasteiger partial charge in [0.1, 0.15) is 0 Å². The zero-order valence-electron chi connectivity index (χ0n) is 24.0. The molecule has 5 aliphatic rings. The Morgan fingerprint density at radius 2 is 1.38 bits per heavy atom. The quantitative estimate of drug-likeness (QED) is 0.238. The molecule has 0 spiro atoms. The molecule has 0 saturated heterocycles. The molecule has 2 atom stereocenters. The van der Waals surface area contributed by atoms with Gasteiger partial charge in [0.15, 0.2) is 0 Å². The lowest BCUT2D eigenvalue weighted by atomic mass is 9.30. The van der Waals surface area contributed by atoms with E-state index in [1.54, 1.807) is 11.0 Å². The molecule has 40 heavy (non-hydrogen) atoms. The Labute approximate surface area is 238 Å². The Hall–Kier alpha value is -3.72. The summed E-state index contributed by atoms with van der Waals surface area (Å²) in [7, 11) is 0. The maximum absolute atomic E-state index is 2.82. The molecule has 2 aliphatic carbocycles. The van der Waals surface area contributed by atoms with Crippen molar-refractivity contribution < 1.29 is 0 Å². The van der Waals surface area contributed by atoms with Crippen LogP contribution < -0.4 is 20.7 Å². The summed E-state index contributed by atoms with van der Waals surface area (Å²) in [5.41, 5.74) is 16.0. The molecular weight excluding hydrogens is 483 g/mol. The van der Waals surface area contributed by atoms with Crippen molar-refractivity contribution in [3.8, 4) is 0 Å². The standard InChI is InChI=1S/C37H35BN2/c1-35(2)26-17-9-8-16-25(26)32-34(35)38-28-19-12-18-27-33(28)40(37(4)23-11-10-22-36(27,37)3)30-21-13-20-29(31(30)38)39(32)24-14-6-5-7-15-24/h5-9,12-21H,10-11,22-23H2,1-4H3. The van der Waals surface area contributed by atoms with Gasteiger partial charge in [0.2, 0.25) is 6.71 Å². The highest BCUT2D eigenvalue weighted by Crippen LogP contribution is 2.63. The molecule has 0 N–H and O–H groups in total. The van der Waals surface area contributed by atoms with Crippen molar-refractivity contribution in [1.29, 1.82) is 0 Å². The summed E-state index contributed by atoms with van der Waals surface area (Å²) >= 11 is 0. The van der Waals surface area contributed by atoms with Crippen LogP contribution in [-0.2, 0) is 10.8 Å². The monoisotopic (exact) mass is 518 g/mol. The zero-order valence-corrected chi connectivity index (χ0v) is 24.0. The first-order valence-corrected chi connectivity index (χ1v) is 15.1. The van der Waals surface area contributed by atoms with E-state index in [9.17, 15) is 0 Å². The van der Waals surface area contributed by atoms with Crippen molar-refractivity contribution >= 4 is 46.1 Å². The number of anilines is 4. The Bertz CT molecular complexity index is 1790. The van der Waals surface area contributed by atoms with E-state index in [1.165, 1.54) is 76.2 Å². The highest BCUT2D eigenvalue weighted by Gasteiger charge is 2.62. The number of allylic oxidation sites excluding steroid dienone is 1. The number of fused-ring (bicyclic) bond motifs is 8. The summed E-state index contributed by atoms with van der Waals surface area (Å²) in [4.78, 5) is 5.40. The number of benzene rings is 4. The Morgan fingerprint density at radius 3 is 2.23 bits per heavy atom. The van der Waals surface area contributed by atoms with Crippen molar-refractivity contribution in [3.63, 3.8) is 0 Å². The fraction of sp³-hybridized carbons (Fsp3) is 0.297. The van der Waals surface area contributed by atoms with Crippen LogP contribution in [0.1, 0.15) is 70.1 Å². The van der Waals surface area contributed by atoms with Crippen LogP contribution in [0.5, 0.6) is 0 Å². The van der Waals surface area contributed by atoms with Gasteiger partial charge < -0.3 is 9.80 Å². The number of rotatable bonds is 1. The number of para-hydroxylation sites is 2. The Morgan fingerprint density at radius 1 is 0.675 bits per heavy atom. The van der Waals surface area contributed by atoms with Crippen LogP contribution in [0.25, 0.3) is 5.70 Å². The van der Waals surface area contributed by atoms with Gasteiger partial charge >= 0.3 is 0 Å². The fourth-order valence-corrected chi connectivity index (χ4v) is 9.61. The van der Waals surface area contributed by atoms with E-state index >= 15 is 0 Å². The molecule has 4 aromatic rings. The van der Waals surface area contributed by atoms with Crippen molar-refractivity contribution in [2.24, 2.45) is 0 Å². The van der Waals surface area contributed by atoms with Gasteiger partial charge in [0.25, 0.3) is 0 Å². The van der Waals surface area contributed by atoms with Gasteiger partial charge in [0.05, 0.1) is 5.54 Å². The van der Waals surface area contributed by atoms with Crippen molar-refractivity contribution in [1.82, 2.24) is 0 Å². The zero-order chi connectivity index (χ0) is 27.0. The van der Waals surface area contributed by atoms with Gasteiger partial charge in [0, 0.05) is 44.8 Å². The molecule has 0 aromatic heterocycles. The molecule has 0 amide bonds. The average molecular weight is 519 g/mol. The maximum Gasteiger partial charge on any atom is 0.248 e. The van der Waals surface area contributed by atoms with E-state index in [0.717, 1.165) is 0 Å². The summed E-state index contributed by atoms with van der Waals surface area (Å²) in [5.74, 6) is 0. The first-order chi connectivity index (χ1) is 19.4. The Balaban J connectivity index is 1.43. The molecule has 1 fully saturated rings. The smallest absolute Gasteiger partial charge is 0.248 e. The summed E-state index contributed by atoms with van der Waals surface area (Å²) in [6, 6.07) is 34.6. The normalized spacial score (nSPS) is 26.2. The molecular formula is C37H35BN2. The van der Waals surface area contributed by atoms with E-state index < -0.39 is 0 Å². The van der Waals surface area contributed by atoms with Crippen LogP contribution >= 0.6 is 0 Å². The highest BCUT2D eigenvalue weighted by atomic mass is 15.3. The summed E-state index contributed by atoms with van der Waals surface area (Å²) < 4.78 is 0. The van der Waals surface area contributed by atoms with Crippen LogP contribution in [-0.4, -0.2) is 12.3 Å². The van der Waals surface area contributed by atoms with Crippen molar-refractivity contribution in [3.05, 3.63) is 113 Å². The lowest BCUT2D eigenvalue weighted by molar-refractivity contribution is 0.195. The van der Waals surface area contributed by atoms with E-state index in [1.807, 2.05) is 0 Å². The van der Waals surface area contributed by atoms with E-state index in [-0.39, 0.29) is 23.1 Å². The van der Waals surface area contributed by atoms with Gasteiger partial charge in [-0.15, -0.1) is 0 Å². The first kappa shape index (κ1) is 23.0. The van der Waals surface area contributed by atoms with Crippen LogP contribution in [0.2, 0.25) is 0 Å². The second kappa shape index (κ2) is 7.32. The molecule has 0 radical (unpaired) electrons. The summed E-state index contributed by atoms with van der Waals surface area (Å²) in [6.45, 7) is 10.3. The molecule has 2 unspecified atom stereocenters. The predicted octanol–water partition coefficient (Wildman–Crippen LogP) is 7.74. The minimum absolute atomic E-state index is 0.0736. The second-order valence-electron chi connectivity index (χ2n) is 13.6. The predicted molar refractivity (Wildman–Crippen MR) is 169 cm³/mol. The van der Waals surface area contributed by atoms with Crippen molar-refractivity contribution in [2.45, 2.75) is 69.7 Å². The molecule has 4 aromatic carbocycles. The van der Waals surface area contributed by atoms with Crippen LogP contribution in [0.3, 0.4) is 0 Å². The molecule has 196 valence electrons. The molecule has 1 saturated carbocycles.